The first kappa shape index (κ1) is 23.8. The number of ether oxygens (including phenoxy) is 1. The van der Waals surface area contributed by atoms with Gasteiger partial charge in [-0.25, -0.2) is 0 Å². The lowest BCUT2D eigenvalue weighted by Crippen LogP contribution is -2.44. The van der Waals surface area contributed by atoms with Crippen molar-refractivity contribution in [2.24, 2.45) is 17.3 Å². The van der Waals surface area contributed by atoms with E-state index in [0.717, 1.165) is 19.3 Å². The number of esters is 1. The van der Waals surface area contributed by atoms with Crippen LogP contribution in [0.2, 0.25) is 0 Å². The summed E-state index contributed by atoms with van der Waals surface area (Å²) in [6.07, 6.45) is 4.90. The number of aliphatic hydroxyl groups is 1. The van der Waals surface area contributed by atoms with Gasteiger partial charge < -0.3 is 20.1 Å². The third kappa shape index (κ3) is 5.41. The van der Waals surface area contributed by atoms with Gasteiger partial charge in [0.1, 0.15) is 11.3 Å². The van der Waals surface area contributed by atoms with E-state index < -0.39 is 53.0 Å². The molecule has 8 nitrogen and oxygen atoms in total. The van der Waals surface area contributed by atoms with E-state index >= 15 is 0 Å². The van der Waals surface area contributed by atoms with Gasteiger partial charge in [0.05, 0.1) is 18.6 Å². The predicted molar refractivity (Wildman–Crippen MR) is 99.5 cm³/mol. The molecule has 0 aliphatic heterocycles. The Morgan fingerprint density at radius 1 is 1.25 bits per heavy atom. The van der Waals surface area contributed by atoms with Crippen LogP contribution in [0, 0.1) is 17.3 Å². The molecule has 0 aromatic rings. The van der Waals surface area contributed by atoms with Gasteiger partial charge in [-0.3, -0.25) is 19.2 Å². The molecule has 1 rings (SSSR count). The fourth-order valence-electron chi connectivity index (χ4n) is 3.65. The van der Waals surface area contributed by atoms with Gasteiger partial charge in [-0.05, 0) is 26.7 Å². The van der Waals surface area contributed by atoms with Crippen molar-refractivity contribution < 1.29 is 39.2 Å². The molecule has 0 heterocycles. The molecule has 0 bridgehead atoms. The number of allylic oxidation sites excluding steroid dienone is 1. The third-order valence-corrected chi connectivity index (χ3v) is 5.26. The maximum atomic E-state index is 12.7. The van der Waals surface area contributed by atoms with Gasteiger partial charge in [0, 0.05) is 5.92 Å². The van der Waals surface area contributed by atoms with Gasteiger partial charge in [0.2, 0.25) is 0 Å². The highest BCUT2D eigenvalue weighted by molar-refractivity contribution is 6.14. The average Bonchev–Trinajstić information content (AvgIpc) is 2.87. The summed E-state index contributed by atoms with van der Waals surface area (Å²) in [6.45, 7) is 5.15. The summed E-state index contributed by atoms with van der Waals surface area (Å²) in [5, 5.41) is 29.6. The van der Waals surface area contributed by atoms with Crippen molar-refractivity contribution in [1.29, 1.82) is 0 Å². The van der Waals surface area contributed by atoms with E-state index in [9.17, 15) is 34.5 Å². The average molecular weight is 398 g/mol. The number of aliphatic carboxylic acids is 2. The second kappa shape index (κ2) is 9.82. The number of carboxylic acid groups (broad SMARTS) is 2. The van der Waals surface area contributed by atoms with E-state index in [1.807, 2.05) is 6.92 Å². The number of Topliss-reactive ketones (excluding diaryl/α,β-unsaturated/α-hetero) is 1. The van der Waals surface area contributed by atoms with Gasteiger partial charge in [0.25, 0.3) is 0 Å². The quantitative estimate of drug-likeness (QED) is 0.208. The molecule has 8 heteroatoms. The van der Waals surface area contributed by atoms with Crippen LogP contribution < -0.4 is 0 Å². The maximum absolute atomic E-state index is 12.7. The first-order chi connectivity index (χ1) is 13.0. The molecule has 0 spiro atoms. The van der Waals surface area contributed by atoms with E-state index in [1.54, 1.807) is 13.8 Å². The van der Waals surface area contributed by atoms with E-state index in [4.69, 9.17) is 4.74 Å². The van der Waals surface area contributed by atoms with Gasteiger partial charge in [-0.2, -0.15) is 0 Å². The minimum Gasteiger partial charge on any atom is -0.481 e. The van der Waals surface area contributed by atoms with Crippen molar-refractivity contribution in [3.63, 3.8) is 0 Å². The van der Waals surface area contributed by atoms with E-state index in [0.29, 0.717) is 6.42 Å². The Morgan fingerprint density at radius 3 is 2.39 bits per heavy atom. The highest BCUT2D eigenvalue weighted by Gasteiger charge is 2.62. The number of carbonyl (C=O) groups is 4. The second-order valence-electron chi connectivity index (χ2n) is 7.53. The van der Waals surface area contributed by atoms with Crippen molar-refractivity contribution in [2.45, 2.75) is 64.9 Å². The highest BCUT2D eigenvalue weighted by Crippen LogP contribution is 2.48. The maximum Gasteiger partial charge on any atom is 0.318 e. The van der Waals surface area contributed by atoms with Gasteiger partial charge in [-0.15, -0.1) is 0 Å². The zero-order chi connectivity index (χ0) is 21.5. The summed E-state index contributed by atoms with van der Waals surface area (Å²) in [5.41, 5.74) is -3.45. The van der Waals surface area contributed by atoms with Crippen LogP contribution in [0.1, 0.15) is 59.3 Å². The molecule has 2 unspecified atom stereocenters. The lowest BCUT2D eigenvalue weighted by atomic mass is 9.73. The zero-order valence-electron chi connectivity index (χ0n) is 16.6. The topological polar surface area (TPSA) is 138 Å². The Kier molecular flexibility index (Phi) is 8.35. The molecule has 0 aromatic carbocycles. The molecular weight excluding hydrogens is 368 g/mol. The van der Waals surface area contributed by atoms with E-state index in [-0.39, 0.29) is 13.0 Å². The molecular formula is C20H30O8. The van der Waals surface area contributed by atoms with Crippen molar-refractivity contribution in [3.05, 3.63) is 12.2 Å². The van der Waals surface area contributed by atoms with Gasteiger partial charge in [0.15, 0.2) is 5.78 Å². The van der Waals surface area contributed by atoms with Crippen LogP contribution in [0.15, 0.2) is 12.2 Å². The van der Waals surface area contributed by atoms with Crippen LogP contribution in [0.3, 0.4) is 0 Å². The van der Waals surface area contributed by atoms with Crippen molar-refractivity contribution >= 4 is 23.7 Å². The Hall–Kier alpha value is -2.22. The molecule has 4 atom stereocenters. The Balaban J connectivity index is 3.24. The van der Waals surface area contributed by atoms with Crippen LogP contribution in [0.5, 0.6) is 0 Å². The summed E-state index contributed by atoms with van der Waals surface area (Å²) < 4.78 is 4.81. The molecule has 1 fully saturated rings. The van der Waals surface area contributed by atoms with Crippen LogP contribution >= 0.6 is 0 Å². The van der Waals surface area contributed by atoms with Gasteiger partial charge >= 0.3 is 17.9 Å². The molecule has 0 amide bonds. The van der Waals surface area contributed by atoms with Crippen molar-refractivity contribution in [2.75, 3.05) is 6.61 Å². The summed E-state index contributed by atoms with van der Waals surface area (Å²) in [5.74, 6) is -7.44. The van der Waals surface area contributed by atoms with Crippen LogP contribution in [-0.4, -0.2) is 51.2 Å². The summed E-state index contributed by atoms with van der Waals surface area (Å²) in [7, 11) is 0. The van der Waals surface area contributed by atoms with E-state index in [2.05, 4.69) is 0 Å². The summed E-state index contributed by atoms with van der Waals surface area (Å²) in [6, 6.07) is 0. The largest absolute Gasteiger partial charge is 0.481 e. The SMILES string of the molecule is CCCCCC(C)(O)C=C[C@H]1C[C@H](C(=O)O)C(=O)C1(CC(=O)OCC)C(=O)O. The highest BCUT2D eigenvalue weighted by atomic mass is 16.5. The normalized spacial score (nSPS) is 26.9. The van der Waals surface area contributed by atoms with Crippen LogP contribution in [0.25, 0.3) is 0 Å². The number of unbranched alkanes of at least 4 members (excludes halogenated alkanes) is 2. The summed E-state index contributed by atoms with van der Waals surface area (Å²) in [4.78, 5) is 48.2. The molecule has 1 saturated carbocycles. The van der Waals surface area contributed by atoms with Crippen LogP contribution in [0.4, 0.5) is 0 Å². The molecule has 28 heavy (non-hydrogen) atoms. The zero-order valence-corrected chi connectivity index (χ0v) is 16.6. The summed E-state index contributed by atoms with van der Waals surface area (Å²) >= 11 is 0. The van der Waals surface area contributed by atoms with Crippen LogP contribution in [-0.2, 0) is 23.9 Å². The third-order valence-electron chi connectivity index (χ3n) is 5.26. The number of ketones is 1. The molecule has 158 valence electrons. The lowest BCUT2D eigenvalue weighted by Gasteiger charge is -2.28. The van der Waals surface area contributed by atoms with Crippen molar-refractivity contribution in [3.8, 4) is 0 Å². The van der Waals surface area contributed by atoms with Gasteiger partial charge in [-0.1, -0.05) is 38.3 Å². The minimum absolute atomic E-state index is 0.0116. The first-order valence-corrected chi connectivity index (χ1v) is 9.59. The first-order valence-electron chi connectivity index (χ1n) is 9.59. The molecule has 0 radical (unpaired) electrons. The number of hydrogen-bond acceptors (Lipinski definition) is 6. The second-order valence-corrected chi connectivity index (χ2v) is 7.53. The monoisotopic (exact) mass is 398 g/mol. The number of hydrogen-bond donors (Lipinski definition) is 3. The van der Waals surface area contributed by atoms with Crippen molar-refractivity contribution in [1.82, 2.24) is 0 Å². The fourth-order valence-corrected chi connectivity index (χ4v) is 3.65. The standard InChI is InChI=1S/C20H30O8/c1-4-6-7-9-19(3,27)10-8-13-11-14(17(23)24)16(22)20(13,18(25)26)12-15(21)28-5-2/h8,10,13-14,27H,4-7,9,11-12H2,1-3H3,(H,23,24)(H,25,26)/t13-,14-,19?,20?/m0/s1. The minimum atomic E-state index is -2.22. The Bertz CT molecular complexity index is 636. The Morgan fingerprint density at radius 2 is 1.89 bits per heavy atom. The van der Waals surface area contributed by atoms with E-state index in [1.165, 1.54) is 12.2 Å². The number of carboxylic acids is 2. The number of carbonyl (C=O) groups excluding carboxylic acids is 2. The molecule has 0 aromatic heterocycles. The fraction of sp³-hybridized carbons (Fsp3) is 0.700. The predicted octanol–water partition coefficient (Wildman–Crippen LogP) is 2.19. The Labute approximate surface area is 164 Å². The molecule has 0 saturated heterocycles. The molecule has 1 aliphatic carbocycles. The lowest BCUT2D eigenvalue weighted by molar-refractivity contribution is -0.164. The molecule has 3 N–H and O–H groups in total. The number of rotatable bonds is 11. The smallest absolute Gasteiger partial charge is 0.318 e. The molecule has 1 aliphatic rings.